The van der Waals surface area contributed by atoms with E-state index >= 15 is 0 Å². The summed E-state index contributed by atoms with van der Waals surface area (Å²) in [7, 11) is 0. The largest absolute Gasteiger partial charge is 0.310 e. The first-order chi connectivity index (χ1) is 28.8. The highest BCUT2D eigenvalue weighted by Gasteiger charge is 2.20. The molecule has 0 fully saturated rings. The summed E-state index contributed by atoms with van der Waals surface area (Å²) in [5.74, 6) is 0. The first-order valence-corrected chi connectivity index (χ1v) is 19.7. The number of rotatable bonds is 7. The number of hydrogen-bond acceptors (Lipinski definition) is 3. The van der Waals surface area contributed by atoms with Crippen LogP contribution in [0.5, 0.6) is 0 Å². The summed E-state index contributed by atoms with van der Waals surface area (Å²) in [5, 5.41) is 4.89. The Morgan fingerprint density at radius 2 is 0.862 bits per heavy atom. The van der Waals surface area contributed by atoms with Crippen LogP contribution < -0.4 is 4.90 Å². The summed E-state index contributed by atoms with van der Waals surface area (Å²) < 4.78 is 2.39. The van der Waals surface area contributed by atoms with Crippen molar-refractivity contribution in [2.45, 2.75) is 0 Å². The van der Waals surface area contributed by atoms with Gasteiger partial charge in [0.2, 0.25) is 0 Å². The van der Waals surface area contributed by atoms with Crippen molar-refractivity contribution < 1.29 is 0 Å². The molecule has 0 spiro atoms. The monoisotopic (exact) mass is 740 g/mol. The van der Waals surface area contributed by atoms with E-state index in [9.17, 15) is 0 Å². The molecule has 58 heavy (non-hydrogen) atoms. The fraction of sp³-hybridized carbons (Fsp3) is 0. The highest BCUT2D eigenvalue weighted by atomic mass is 15.1. The van der Waals surface area contributed by atoms with Crippen molar-refractivity contribution in [3.63, 3.8) is 0 Å². The summed E-state index contributed by atoms with van der Waals surface area (Å²) in [6.07, 6.45) is 0. The maximum absolute atomic E-state index is 5.17. The van der Waals surface area contributed by atoms with Crippen molar-refractivity contribution >= 4 is 60.7 Å². The van der Waals surface area contributed by atoms with Crippen LogP contribution in [0.25, 0.3) is 82.9 Å². The fourth-order valence-electron chi connectivity index (χ4n) is 8.44. The minimum atomic E-state index is 0.861. The van der Waals surface area contributed by atoms with Gasteiger partial charge in [-0.05, 0) is 101 Å². The van der Waals surface area contributed by atoms with Gasteiger partial charge in [0.15, 0.2) is 0 Å². The molecule has 0 atom stereocenters. The van der Waals surface area contributed by atoms with Gasteiger partial charge in [-0.15, -0.1) is 0 Å². The average Bonchev–Trinajstić information content (AvgIpc) is 3.62. The molecular formula is C54H36N4. The van der Waals surface area contributed by atoms with Gasteiger partial charge in [0.25, 0.3) is 0 Å². The lowest BCUT2D eigenvalue weighted by Gasteiger charge is -2.26. The van der Waals surface area contributed by atoms with Gasteiger partial charge in [-0.25, -0.2) is 9.97 Å². The Labute approximate surface area is 336 Å². The third kappa shape index (κ3) is 5.78. The average molecular weight is 741 g/mol. The molecule has 2 aromatic heterocycles. The lowest BCUT2D eigenvalue weighted by Crippen LogP contribution is -2.09. The molecule has 0 amide bonds. The van der Waals surface area contributed by atoms with Crippen LogP contribution in [-0.2, 0) is 0 Å². The number of hydrogen-bond donors (Lipinski definition) is 0. The fourth-order valence-corrected chi connectivity index (χ4v) is 8.44. The van der Waals surface area contributed by atoms with Gasteiger partial charge in [0.05, 0.1) is 33.5 Å². The van der Waals surface area contributed by atoms with Gasteiger partial charge in [0, 0.05) is 44.6 Å². The van der Waals surface area contributed by atoms with E-state index in [4.69, 9.17) is 9.97 Å². The molecule has 0 unspecified atom stereocenters. The molecule has 4 heteroatoms. The highest BCUT2D eigenvalue weighted by Crippen LogP contribution is 2.42. The normalized spacial score (nSPS) is 11.4. The van der Waals surface area contributed by atoms with Gasteiger partial charge in [0.1, 0.15) is 0 Å². The molecule has 9 aromatic carbocycles. The maximum Gasteiger partial charge on any atom is 0.0973 e. The van der Waals surface area contributed by atoms with Crippen molar-refractivity contribution in [1.29, 1.82) is 0 Å². The Morgan fingerprint density at radius 3 is 1.59 bits per heavy atom. The Bertz CT molecular complexity index is 3260. The number of benzene rings is 9. The van der Waals surface area contributed by atoms with Gasteiger partial charge in [-0.3, -0.25) is 0 Å². The van der Waals surface area contributed by atoms with Gasteiger partial charge >= 0.3 is 0 Å². The van der Waals surface area contributed by atoms with Crippen LogP contribution in [0.1, 0.15) is 0 Å². The van der Waals surface area contributed by atoms with Crippen LogP contribution >= 0.6 is 0 Å². The van der Waals surface area contributed by atoms with E-state index in [2.05, 4.69) is 198 Å². The Morgan fingerprint density at radius 1 is 0.345 bits per heavy atom. The summed E-state index contributed by atoms with van der Waals surface area (Å²) >= 11 is 0. The molecular weight excluding hydrogens is 705 g/mol. The van der Waals surface area contributed by atoms with Crippen LogP contribution in [-0.4, -0.2) is 14.5 Å². The van der Waals surface area contributed by atoms with E-state index in [0.29, 0.717) is 0 Å². The van der Waals surface area contributed by atoms with Crippen LogP contribution in [0, 0.1) is 0 Å². The molecule has 2 heterocycles. The van der Waals surface area contributed by atoms with Crippen molar-refractivity contribution in [3.8, 4) is 39.3 Å². The molecule has 4 nitrogen and oxygen atoms in total. The van der Waals surface area contributed by atoms with Crippen molar-refractivity contribution in [2.75, 3.05) is 4.90 Å². The first kappa shape index (κ1) is 33.5. The SMILES string of the molecule is c1ccc(-c2nc3ccccc3nc2-c2ccc(N(c3ccccc3)c3ccc4c(c3)c3cc(-c5cccc6ccccc56)ccc3n4-c3ccccc3)cc2)cc1. The topological polar surface area (TPSA) is 34.0 Å². The zero-order valence-electron chi connectivity index (χ0n) is 31.6. The van der Waals surface area contributed by atoms with Gasteiger partial charge in [-0.1, -0.05) is 140 Å². The van der Waals surface area contributed by atoms with E-state index < -0.39 is 0 Å². The number of para-hydroxylation sites is 4. The molecule has 0 aliphatic heterocycles. The third-order valence-corrected chi connectivity index (χ3v) is 11.2. The standard InChI is InChI=1S/C54H36N4/c1-4-16-38(17-5-1)53-54(56-50-26-13-12-25-49(50)55-53)39-27-30-43(31-28-39)57(41-19-6-2-7-20-41)44-32-34-52-48(36-44)47-35-40(46-24-14-18-37-15-10-11-23-45(37)46)29-33-51(47)58(52)42-21-8-3-9-22-42/h1-36H. The minimum Gasteiger partial charge on any atom is -0.310 e. The van der Waals surface area contributed by atoms with Crippen molar-refractivity contribution in [3.05, 3.63) is 218 Å². The summed E-state index contributed by atoms with van der Waals surface area (Å²) in [6, 6.07) is 77.5. The molecule has 0 aliphatic carbocycles. The zero-order valence-corrected chi connectivity index (χ0v) is 31.6. The van der Waals surface area contributed by atoms with Crippen molar-refractivity contribution in [2.24, 2.45) is 0 Å². The molecule has 0 bridgehead atoms. The van der Waals surface area contributed by atoms with Gasteiger partial charge < -0.3 is 9.47 Å². The zero-order chi connectivity index (χ0) is 38.4. The van der Waals surface area contributed by atoms with Crippen molar-refractivity contribution in [1.82, 2.24) is 14.5 Å². The number of anilines is 3. The van der Waals surface area contributed by atoms with E-state index in [1.54, 1.807) is 0 Å². The molecule has 0 saturated heterocycles. The number of fused-ring (bicyclic) bond motifs is 5. The molecule has 0 N–H and O–H groups in total. The van der Waals surface area contributed by atoms with E-state index in [0.717, 1.165) is 61.8 Å². The summed E-state index contributed by atoms with van der Waals surface area (Å²) in [4.78, 5) is 12.6. The summed E-state index contributed by atoms with van der Waals surface area (Å²) in [6.45, 7) is 0. The second kappa shape index (κ2) is 14.0. The van der Waals surface area contributed by atoms with Crippen LogP contribution in [0.2, 0.25) is 0 Å². The lowest BCUT2D eigenvalue weighted by molar-refractivity contribution is 1.18. The minimum absolute atomic E-state index is 0.861. The van der Waals surface area contributed by atoms with Gasteiger partial charge in [-0.2, -0.15) is 0 Å². The quantitative estimate of drug-likeness (QED) is 0.163. The van der Waals surface area contributed by atoms with Crippen LogP contribution in [0.3, 0.4) is 0 Å². The number of nitrogens with zero attached hydrogens (tertiary/aromatic N) is 4. The third-order valence-electron chi connectivity index (χ3n) is 11.2. The maximum atomic E-state index is 5.17. The number of aromatic nitrogens is 3. The second-order valence-electron chi connectivity index (χ2n) is 14.6. The molecule has 11 aromatic rings. The van der Waals surface area contributed by atoms with Crippen LogP contribution in [0.4, 0.5) is 17.1 Å². The lowest BCUT2D eigenvalue weighted by atomic mass is 9.97. The van der Waals surface area contributed by atoms with E-state index in [1.807, 2.05) is 30.3 Å². The predicted molar refractivity (Wildman–Crippen MR) is 242 cm³/mol. The molecule has 11 rings (SSSR count). The van der Waals surface area contributed by atoms with E-state index in [1.165, 1.54) is 38.2 Å². The summed E-state index contributed by atoms with van der Waals surface area (Å²) in [5.41, 5.74) is 14.6. The smallest absolute Gasteiger partial charge is 0.0973 e. The Hall–Kier alpha value is -7.82. The molecule has 272 valence electrons. The van der Waals surface area contributed by atoms with Crippen LogP contribution in [0.15, 0.2) is 218 Å². The highest BCUT2D eigenvalue weighted by molar-refractivity contribution is 6.12. The predicted octanol–water partition coefficient (Wildman–Crippen LogP) is 14.4. The Kier molecular flexibility index (Phi) is 8.11. The Balaban J connectivity index is 1.08. The van der Waals surface area contributed by atoms with E-state index in [-0.39, 0.29) is 0 Å². The second-order valence-corrected chi connectivity index (χ2v) is 14.6. The molecule has 0 radical (unpaired) electrons. The molecule has 0 aliphatic rings. The molecule has 0 saturated carbocycles. The first-order valence-electron chi connectivity index (χ1n) is 19.7.